The Bertz CT molecular complexity index is 1070. The molecular formula is C26H31ClF3N3O. The predicted octanol–water partition coefficient (Wildman–Crippen LogP) is 6.60. The van der Waals surface area contributed by atoms with Crippen molar-refractivity contribution in [1.82, 2.24) is 10.3 Å². The summed E-state index contributed by atoms with van der Waals surface area (Å²) in [4.78, 5) is 18.4. The molecule has 1 heterocycles. The van der Waals surface area contributed by atoms with Crippen molar-refractivity contribution in [2.75, 3.05) is 11.9 Å². The highest BCUT2D eigenvalue weighted by Crippen LogP contribution is 2.49. The van der Waals surface area contributed by atoms with Gasteiger partial charge in [-0.3, -0.25) is 4.79 Å². The lowest BCUT2D eigenvalue weighted by Crippen LogP contribution is -2.43. The largest absolute Gasteiger partial charge is 0.433 e. The van der Waals surface area contributed by atoms with E-state index >= 15 is 0 Å². The molecule has 0 spiro atoms. The first-order valence-electron chi connectivity index (χ1n) is 12.4. The second-order valence-electron chi connectivity index (χ2n) is 10.5. The lowest BCUT2D eigenvalue weighted by Gasteiger charge is -2.37. The Labute approximate surface area is 203 Å². The Morgan fingerprint density at radius 2 is 1.88 bits per heavy atom. The van der Waals surface area contributed by atoms with E-state index in [4.69, 9.17) is 11.6 Å². The first kappa shape index (κ1) is 23.7. The maximum absolute atomic E-state index is 13.5. The van der Waals surface area contributed by atoms with Crippen LogP contribution in [0, 0.1) is 17.8 Å². The van der Waals surface area contributed by atoms with Crippen LogP contribution in [-0.4, -0.2) is 30.0 Å². The van der Waals surface area contributed by atoms with Crippen molar-refractivity contribution in [2.45, 2.75) is 76.0 Å². The van der Waals surface area contributed by atoms with Gasteiger partial charge in [0.15, 0.2) is 0 Å². The van der Waals surface area contributed by atoms with Crippen LogP contribution in [0.1, 0.15) is 63.5 Å². The number of rotatable bonds is 5. The highest BCUT2D eigenvalue weighted by Gasteiger charge is 2.40. The molecule has 184 valence electrons. The summed E-state index contributed by atoms with van der Waals surface area (Å²) in [6, 6.07) is 6.13. The van der Waals surface area contributed by atoms with Gasteiger partial charge in [0.05, 0.1) is 5.52 Å². The molecule has 3 saturated carbocycles. The molecule has 0 saturated heterocycles. The average molecular weight is 494 g/mol. The van der Waals surface area contributed by atoms with Crippen molar-refractivity contribution in [1.29, 1.82) is 0 Å². The summed E-state index contributed by atoms with van der Waals surface area (Å²) in [7, 11) is 1.84. The number of hydrogen-bond donors (Lipinski definition) is 1. The van der Waals surface area contributed by atoms with Gasteiger partial charge in [-0.1, -0.05) is 18.0 Å². The monoisotopic (exact) mass is 493 g/mol. The third kappa shape index (κ3) is 4.86. The number of amides is 1. The lowest BCUT2D eigenvalue weighted by molar-refractivity contribution is -0.140. The van der Waals surface area contributed by atoms with Gasteiger partial charge in [0.1, 0.15) is 5.69 Å². The molecule has 1 aromatic carbocycles. The summed E-state index contributed by atoms with van der Waals surface area (Å²) in [5.74, 6) is 2.30. The molecule has 2 aromatic rings. The van der Waals surface area contributed by atoms with Crippen LogP contribution in [0.25, 0.3) is 10.9 Å². The third-order valence-electron chi connectivity index (χ3n) is 8.36. The van der Waals surface area contributed by atoms with E-state index in [-0.39, 0.29) is 23.5 Å². The summed E-state index contributed by atoms with van der Waals surface area (Å²) in [6.45, 7) is 0. The van der Waals surface area contributed by atoms with Crippen LogP contribution in [0.4, 0.5) is 18.9 Å². The van der Waals surface area contributed by atoms with E-state index in [0.717, 1.165) is 43.6 Å². The fraction of sp³-hybridized carbons (Fsp3) is 0.615. The molecule has 5 rings (SSSR count). The molecule has 3 atom stereocenters. The Kier molecular flexibility index (Phi) is 6.42. The van der Waals surface area contributed by atoms with Crippen LogP contribution in [0.2, 0.25) is 5.02 Å². The normalized spacial score (nSPS) is 28.9. The molecule has 1 N–H and O–H groups in total. The van der Waals surface area contributed by atoms with Crippen molar-refractivity contribution in [3.8, 4) is 0 Å². The number of aromatic nitrogens is 1. The van der Waals surface area contributed by atoms with Crippen LogP contribution in [0.5, 0.6) is 0 Å². The summed E-state index contributed by atoms with van der Waals surface area (Å²) < 4.78 is 40.5. The van der Waals surface area contributed by atoms with Gasteiger partial charge in [-0.05, 0) is 87.0 Å². The van der Waals surface area contributed by atoms with E-state index in [2.05, 4.69) is 10.3 Å². The lowest BCUT2D eigenvalue weighted by atomic mass is 9.85. The number of benzene rings is 1. The first-order valence-corrected chi connectivity index (χ1v) is 12.7. The summed E-state index contributed by atoms with van der Waals surface area (Å²) >= 11 is 6.15. The SMILES string of the molecule is CN(c1cc(C(F)(F)F)nc2ccc(Cl)cc12)[C@H]1CC[C@@H](NC(=O)CC2CC3CCC2C3)CC1. The van der Waals surface area contributed by atoms with Crippen molar-refractivity contribution in [3.63, 3.8) is 0 Å². The maximum Gasteiger partial charge on any atom is 0.433 e. The quantitative estimate of drug-likeness (QED) is 0.510. The molecule has 1 aromatic heterocycles. The fourth-order valence-electron chi connectivity index (χ4n) is 6.57. The van der Waals surface area contributed by atoms with Crippen molar-refractivity contribution in [3.05, 3.63) is 35.0 Å². The fourth-order valence-corrected chi connectivity index (χ4v) is 6.74. The summed E-state index contributed by atoms with van der Waals surface area (Å²) in [6.07, 6.45) is 4.52. The van der Waals surface area contributed by atoms with E-state index in [0.29, 0.717) is 28.4 Å². The van der Waals surface area contributed by atoms with Gasteiger partial charge in [-0.15, -0.1) is 0 Å². The standard InChI is InChI=1S/C26H31ClF3N3O/c1-33(23-14-24(26(28,29)30)32-22-9-4-18(27)13-21(22)23)20-7-5-19(6-8-20)31-25(34)12-17-11-15-2-3-16(17)10-15/h4,9,13-17,19-20H,2-3,5-8,10-12H2,1H3,(H,31,34)/t15?,16?,17?,19-,20+. The van der Waals surface area contributed by atoms with E-state index < -0.39 is 11.9 Å². The average Bonchev–Trinajstić information content (AvgIpc) is 3.41. The van der Waals surface area contributed by atoms with Crippen LogP contribution in [0.15, 0.2) is 24.3 Å². The van der Waals surface area contributed by atoms with Gasteiger partial charge in [-0.2, -0.15) is 13.2 Å². The minimum atomic E-state index is -4.52. The van der Waals surface area contributed by atoms with E-state index in [1.807, 2.05) is 11.9 Å². The van der Waals surface area contributed by atoms with Crippen LogP contribution < -0.4 is 10.2 Å². The Hall–Kier alpha value is -2.02. The molecule has 4 nitrogen and oxygen atoms in total. The molecule has 1 amide bonds. The highest BCUT2D eigenvalue weighted by molar-refractivity contribution is 6.31. The molecule has 3 unspecified atom stereocenters. The summed E-state index contributed by atoms with van der Waals surface area (Å²) in [5, 5.41) is 4.32. The predicted molar refractivity (Wildman–Crippen MR) is 128 cm³/mol. The van der Waals surface area contributed by atoms with Crippen molar-refractivity contribution in [2.24, 2.45) is 17.8 Å². The number of halogens is 4. The second-order valence-corrected chi connectivity index (χ2v) is 10.9. The molecular weight excluding hydrogens is 463 g/mol. The van der Waals surface area contributed by atoms with Crippen molar-refractivity contribution < 1.29 is 18.0 Å². The van der Waals surface area contributed by atoms with Crippen molar-refractivity contribution >= 4 is 34.1 Å². The molecule has 8 heteroatoms. The molecule has 0 aliphatic heterocycles. The number of nitrogens with one attached hydrogen (secondary N) is 1. The van der Waals surface area contributed by atoms with E-state index in [9.17, 15) is 18.0 Å². The smallest absolute Gasteiger partial charge is 0.371 e. The number of alkyl halides is 3. The Morgan fingerprint density at radius 1 is 1.12 bits per heavy atom. The topological polar surface area (TPSA) is 45.2 Å². The number of anilines is 1. The van der Waals surface area contributed by atoms with Gasteiger partial charge in [0, 0.05) is 41.6 Å². The highest BCUT2D eigenvalue weighted by atomic mass is 35.5. The minimum Gasteiger partial charge on any atom is -0.371 e. The number of hydrogen-bond acceptors (Lipinski definition) is 3. The minimum absolute atomic E-state index is 0.0874. The van der Waals surface area contributed by atoms with Crippen LogP contribution >= 0.6 is 11.6 Å². The zero-order valence-corrected chi connectivity index (χ0v) is 20.1. The zero-order chi connectivity index (χ0) is 24.0. The maximum atomic E-state index is 13.5. The number of carbonyl (C=O) groups is 1. The van der Waals surface area contributed by atoms with Gasteiger partial charge in [-0.25, -0.2) is 4.98 Å². The summed E-state index contributed by atoms with van der Waals surface area (Å²) in [5.41, 5.74) is -0.128. The molecule has 0 radical (unpaired) electrons. The van der Waals surface area contributed by atoms with Gasteiger partial charge in [0.2, 0.25) is 5.91 Å². The van der Waals surface area contributed by atoms with Gasteiger partial charge in [0.25, 0.3) is 0 Å². The third-order valence-corrected chi connectivity index (χ3v) is 8.60. The zero-order valence-electron chi connectivity index (χ0n) is 19.4. The molecule has 34 heavy (non-hydrogen) atoms. The molecule has 3 aliphatic carbocycles. The Morgan fingerprint density at radius 3 is 2.53 bits per heavy atom. The number of nitrogens with zero attached hydrogens (tertiary/aromatic N) is 2. The Balaban J connectivity index is 1.23. The number of fused-ring (bicyclic) bond motifs is 3. The van der Waals surface area contributed by atoms with E-state index in [1.165, 1.54) is 31.7 Å². The van der Waals surface area contributed by atoms with E-state index in [1.54, 1.807) is 12.1 Å². The van der Waals surface area contributed by atoms with Gasteiger partial charge < -0.3 is 10.2 Å². The second kappa shape index (κ2) is 9.21. The molecule has 3 fully saturated rings. The molecule has 3 aliphatic rings. The number of pyridine rings is 1. The van der Waals surface area contributed by atoms with Crippen LogP contribution in [-0.2, 0) is 11.0 Å². The van der Waals surface area contributed by atoms with Gasteiger partial charge >= 0.3 is 6.18 Å². The first-order chi connectivity index (χ1) is 16.2. The molecule has 2 bridgehead atoms. The van der Waals surface area contributed by atoms with Crippen LogP contribution in [0.3, 0.4) is 0 Å². The number of carbonyl (C=O) groups excluding carboxylic acids is 1.